The Morgan fingerprint density at radius 2 is 1.91 bits per heavy atom. The summed E-state index contributed by atoms with van der Waals surface area (Å²) in [5.74, 6) is 0.986. The van der Waals surface area contributed by atoms with E-state index in [-0.39, 0.29) is 11.9 Å². The molecule has 1 saturated heterocycles. The number of benzene rings is 2. The van der Waals surface area contributed by atoms with Crippen molar-refractivity contribution in [1.82, 2.24) is 10.2 Å². The summed E-state index contributed by atoms with van der Waals surface area (Å²) in [4.78, 5) is 21.9. The largest absolute Gasteiger partial charge is 0.493 e. The highest BCUT2D eigenvalue weighted by atomic mass is 16.5. The van der Waals surface area contributed by atoms with Crippen molar-refractivity contribution in [3.05, 3.63) is 58.8 Å². The third-order valence-corrected chi connectivity index (χ3v) is 6.53. The van der Waals surface area contributed by atoms with Crippen molar-refractivity contribution in [3.63, 3.8) is 0 Å². The molecule has 0 aromatic heterocycles. The first kappa shape index (κ1) is 26.1. The van der Waals surface area contributed by atoms with Gasteiger partial charge in [0.2, 0.25) is 0 Å². The smallest absolute Gasteiger partial charge is 0.252 e. The highest BCUT2D eigenvalue weighted by molar-refractivity contribution is 6.11. The minimum absolute atomic E-state index is 0.123. The number of nitrogens with one attached hydrogen (secondary N) is 1. The SMILES string of the molecule is CN=CC(=CN)c1cc([C@@H](C)NC(=O)c2cc(N3CC(N(C)C)C3)ccc2C)cc(OC)c1OC. The number of likely N-dealkylation sites (N-methyl/N-ethyl adjacent to an activating group) is 1. The molecule has 1 heterocycles. The zero-order valence-corrected chi connectivity index (χ0v) is 21.8. The van der Waals surface area contributed by atoms with Gasteiger partial charge in [-0.2, -0.15) is 0 Å². The van der Waals surface area contributed by atoms with Gasteiger partial charge >= 0.3 is 0 Å². The minimum Gasteiger partial charge on any atom is -0.493 e. The molecule has 2 aromatic rings. The number of allylic oxidation sites excluding steroid dienone is 1. The van der Waals surface area contributed by atoms with Crippen molar-refractivity contribution in [3.8, 4) is 11.5 Å². The lowest BCUT2D eigenvalue weighted by atomic mass is 9.98. The number of nitrogens with zero attached hydrogens (tertiary/aromatic N) is 3. The van der Waals surface area contributed by atoms with Crippen LogP contribution >= 0.6 is 0 Å². The van der Waals surface area contributed by atoms with Crippen molar-refractivity contribution in [1.29, 1.82) is 0 Å². The molecule has 8 heteroatoms. The molecule has 0 bridgehead atoms. The molecule has 1 atom stereocenters. The molecule has 1 fully saturated rings. The number of carbonyl (C=O) groups excluding carboxylic acids is 1. The quantitative estimate of drug-likeness (QED) is 0.537. The number of hydrogen-bond acceptors (Lipinski definition) is 7. The second-order valence-corrected chi connectivity index (χ2v) is 9.03. The Bertz CT molecular complexity index is 1120. The van der Waals surface area contributed by atoms with Crippen LogP contribution in [0.15, 0.2) is 41.5 Å². The third kappa shape index (κ3) is 5.59. The second kappa shape index (κ2) is 11.3. The Labute approximate surface area is 208 Å². The molecule has 0 radical (unpaired) electrons. The molecular weight excluding hydrogens is 442 g/mol. The van der Waals surface area contributed by atoms with Crippen LogP contribution in [0.2, 0.25) is 0 Å². The van der Waals surface area contributed by atoms with Crippen molar-refractivity contribution in [2.24, 2.45) is 10.7 Å². The number of methoxy groups -OCH3 is 2. The number of rotatable bonds is 9. The number of anilines is 1. The van der Waals surface area contributed by atoms with Gasteiger partial charge in [0, 0.05) is 61.0 Å². The van der Waals surface area contributed by atoms with Crippen molar-refractivity contribution in [2.75, 3.05) is 53.4 Å². The summed E-state index contributed by atoms with van der Waals surface area (Å²) < 4.78 is 11.2. The minimum atomic E-state index is -0.288. The maximum atomic E-state index is 13.3. The molecule has 1 aliphatic rings. The standard InChI is InChI=1S/C27H37N5O3/c1-17-8-9-21(32-15-22(16-32)31(4)5)12-23(17)27(33)30-18(2)19-10-24(20(13-28)14-29-3)26(35-7)25(11-19)34-6/h8-14,18,22H,15-16,28H2,1-7H3,(H,30,33)/t18-/m1/s1. The predicted octanol–water partition coefficient (Wildman–Crippen LogP) is 3.25. The van der Waals surface area contributed by atoms with E-state index < -0.39 is 0 Å². The van der Waals surface area contributed by atoms with E-state index in [1.165, 1.54) is 6.20 Å². The van der Waals surface area contributed by atoms with Gasteiger partial charge in [-0.15, -0.1) is 0 Å². The maximum absolute atomic E-state index is 13.3. The Morgan fingerprint density at radius 1 is 1.20 bits per heavy atom. The fourth-order valence-corrected chi connectivity index (χ4v) is 4.19. The molecule has 1 aliphatic heterocycles. The monoisotopic (exact) mass is 479 g/mol. The van der Waals surface area contributed by atoms with E-state index in [1.807, 2.05) is 38.1 Å². The lowest BCUT2D eigenvalue weighted by molar-refractivity contribution is 0.0939. The van der Waals surface area contributed by atoms with Gasteiger partial charge in [-0.25, -0.2) is 0 Å². The van der Waals surface area contributed by atoms with Gasteiger partial charge in [0.1, 0.15) is 0 Å². The molecule has 35 heavy (non-hydrogen) atoms. The molecule has 0 unspecified atom stereocenters. The molecule has 0 aliphatic carbocycles. The first-order chi connectivity index (χ1) is 16.7. The average molecular weight is 480 g/mol. The summed E-state index contributed by atoms with van der Waals surface area (Å²) in [6.45, 7) is 5.82. The molecule has 0 spiro atoms. The Hall–Kier alpha value is -3.52. The summed E-state index contributed by atoms with van der Waals surface area (Å²) in [6.07, 6.45) is 3.14. The lowest BCUT2D eigenvalue weighted by Crippen LogP contribution is -2.57. The number of aryl methyl sites for hydroxylation is 1. The number of nitrogens with two attached hydrogens (primary N) is 1. The number of aliphatic imine (C=N–C) groups is 1. The van der Waals surface area contributed by atoms with E-state index in [4.69, 9.17) is 15.2 Å². The molecular formula is C27H37N5O3. The van der Waals surface area contributed by atoms with Gasteiger partial charge in [-0.05, 0) is 63.3 Å². The average Bonchev–Trinajstić information content (AvgIpc) is 2.81. The van der Waals surface area contributed by atoms with Gasteiger partial charge in [-0.3, -0.25) is 9.79 Å². The number of amides is 1. The van der Waals surface area contributed by atoms with Crippen LogP contribution in [0.5, 0.6) is 11.5 Å². The van der Waals surface area contributed by atoms with Crippen LogP contribution < -0.4 is 25.4 Å². The summed E-state index contributed by atoms with van der Waals surface area (Å²) in [6, 6.07) is 10.1. The molecule has 0 saturated carbocycles. The van der Waals surface area contributed by atoms with E-state index >= 15 is 0 Å². The summed E-state index contributed by atoms with van der Waals surface area (Å²) in [7, 11) is 9.03. The third-order valence-electron chi connectivity index (χ3n) is 6.53. The fraction of sp³-hybridized carbons (Fsp3) is 0.407. The molecule has 3 N–H and O–H groups in total. The van der Waals surface area contributed by atoms with Crippen LogP contribution in [0.1, 0.15) is 40.0 Å². The van der Waals surface area contributed by atoms with Crippen LogP contribution in [-0.4, -0.2) is 71.5 Å². The van der Waals surface area contributed by atoms with E-state index in [0.29, 0.717) is 28.7 Å². The van der Waals surface area contributed by atoms with E-state index in [1.54, 1.807) is 27.5 Å². The van der Waals surface area contributed by atoms with Crippen molar-refractivity contribution in [2.45, 2.75) is 25.9 Å². The zero-order chi connectivity index (χ0) is 25.7. The normalized spacial score (nSPS) is 15.3. The highest BCUT2D eigenvalue weighted by Crippen LogP contribution is 2.38. The molecule has 1 amide bonds. The predicted molar refractivity (Wildman–Crippen MR) is 143 cm³/mol. The summed E-state index contributed by atoms with van der Waals surface area (Å²) >= 11 is 0. The van der Waals surface area contributed by atoms with Crippen LogP contribution in [0, 0.1) is 6.92 Å². The Balaban J connectivity index is 1.86. The zero-order valence-electron chi connectivity index (χ0n) is 21.8. The van der Waals surface area contributed by atoms with Crippen LogP contribution in [0.3, 0.4) is 0 Å². The van der Waals surface area contributed by atoms with Gasteiger partial charge in [0.25, 0.3) is 5.91 Å². The summed E-state index contributed by atoms with van der Waals surface area (Å²) in [5.41, 5.74) is 10.8. The number of carbonyl (C=O) groups is 1. The molecule has 3 rings (SSSR count). The van der Waals surface area contributed by atoms with E-state index in [2.05, 4.69) is 40.3 Å². The Morgan fingerprint density at radius 3 is 2.49 bits per heavy atom. The summed E-state index contributed by atoms with van der Waals surface area (Å²) in [5, 5.41) is 3.14. The van der Waals surface area contributed by atoms with Crippen LogP contribution in [0.25, 0.3) is 5.57 Å². The maximum Gasteiger partial charge on any atom is 0.252 e. The molecule has 188 valence electrons. The fourth-order valence-electron chi connectivity index (χ4n) is 4.19. The van der Waals surface area contributed by atoms with Crippen molar-refractivity contribution < 1.29 is 14.3 Å². The molecule has 8 nitrogen and oxygen atoms in total. The van der Waals surface area contributed by atoms with Crippen molar-refractivity contribution >= 4 is 23.4 Å². The molecule has 2 aromatic carbocycles. The number of hydrogen-bond donors (Lipinski definition) is 2. The van der Waals surface area contributed by atoms with Gasteiger partial charge < -0.3 is 30.3 Å². The lowest BCUT2D eigenvalue weighted by Gasteiger charge is -2.44. The number of ether oxygens (including phenoxy) is 2. The van der Waals surface area contributed by atoms with Gasteiger partial charge in [0.15, 0.2) is 11.5 Å². The first-order valence-electron chi connectivity index (χ1n) is 11.7. The van der Waals surface area contributed by atoms with E-state index in [0.717, 1.165) is 35.5 Å². The van der Waals surface area contributed by atoms with E-state index in [9.17, 15) is 4.79 Å². The Kier molecular flexibility index (Phi) is 8.40. The van der Waals surface area contributed by atoms with Gasteiger partial charge in [0.05, 0.1) is 20.3 Å². The topological polar surface area (TPSA) is 92.4 Å². The first-order valence-corrected chi connectivity index (χ1v) is 11.7. The van der Waals surface area contributed by atoms with Gasteiger partial charge in [-0.1, -0.05) is 6.07 Å². The second-order valence-electron chi connectivity index (χ2n) is 9.03. The highest BCUT2D eigenvalue weighted by Gasteiger charge is 2.29. The van der Waals surface area contributed by atoms with Crippen LogP contribution in [0.4, 0.5) is 5.69 Å². The van der Waals surface area contributed by atoms with Crippen LogP contribution in [-0.2, 0) is 0 Å².